The van der Waals surface area contributed by atoms with Gasteiger partial charge >= 0.3 is 0 Å². The first-order valence-electron chi connectivity index (χ1n) is 12.4. The number of benzene rings is 2. The van der Waals surface area contributed by atoms with Gasteiger partial charge in [-0.2, -0.15) is 4.31 Å². The first-order chi connectivity index (χ1) is 16.7. The van der Waals surface area contributed by atoms with Gasteiger partial charge in [-0.05, 0) is 62.4 Å². The number of sulfonamides is 1. The Hall–Kier alpha value is -2.42. The highest BCUT2D eigenvalue weighted by Gasteiger charge is 2.35. The maximum Gasteiger partial charge on any atom is 0.243 e. The number of rotatable bonds is 6. The molecule has 8 heteroatoms. The van der Waals surface area contributed by atoms with Crippen LogP contribution in [0.4, 0.5) is 0 Å². The largest absolute Gasteiger partial charge is 0.497 e. The zero-order valence-electron chi connectivity index (χ0n) is 21.3. The van der Waals surface area contributed by atoms with Crippen LogP contribution in [0.15, 0.2) is 41.3 Å². The van der Waals surface area contributed by atoms with Crippen LogP contribution in [0.25, 0.3) is 0 Å². The smallest absolute Gasteiger partial charge is 0.243 e. The number of aryl methyl sites for hydroxylation is 3. The Morgan fingerprint density at radius 3 is 2.03 bits per heavy atom. The highest BCUT2D eigenvalue weighted by molar-refractivity contribution is 7.89. The quantitative estimate of drug-likeness (QED) is 0.610. The molecule has 0 aliphatic carbocycles. The minimum absolute atomic E-state index is 0.102. The average Bonchev–Trinajstić information content (AvgIpc) is 2.84. The predicted molar refractivity (Wildman–Crippen MR) is 137 cm³/mol. The number of carbonyl (C=O) groups excluding carboxylic acids is 1. The summed E-state index contributed by atoms with van der Waals surface area (Å²) in [6.45, 7) is 10.5. The van der Waals surface area contributed by atoms with Crippen molar-refractivity contribution in [2.24, 2.45) is 5.92 Å². The van der Waals surface area contributed by atoms with Crippen LogP contribution in [0.1, 0.15) is 35.1 Å². The molecule has 2 aromatic carbocycles. The van der Waals surface area contributed by atoms with Crippen LogP contribution in [-0.4, -0.2) is 74.8 Å². The summed E-state index contributed by atoms with van der Waals surface area (Å²) in [4.78, 5) is 17.9. The lowest BCUT2D eigenvalue weighted by molar-refractivity contribution is -0.138. The van der Waals surface area contributed by atoms with E-state index < -0.39 is 10.0 Å². The second kappa shape index (κ2) is 10.7. The maximum absolute atomic E-state index is 13.4. The van der Waals surface area contributed by atoms with Gasteiger partial charge in [-0.15, -0.1) is 0 Å². The van der Waals surface area contributed by atoms with Crippen molar-refractivity contribution in [1.29, 1.82) is 0 Å². The molecule has 0 saturated carbocycles. The number of piperidine rings is 1. The van der Waals surface area contributed by atoms with Crippen LogP contribution in [0.3, 0.4) is 0 Å². The average molecular weight is 500 g/mol. The Balaban J connectivity index is 1.29. The number of hydrogen-bond acceptors (Lipinski definition) is 5. The van der Waals surface area contributed by atoms with E-state index in [1.54, 1.807) is 11.4 Å². The van der Waals surface area contributed by atoms with E-state index in [2.05, 4.69) is 17.0 Å². The summed E-state index contributed by atoms with van der Waals surface area (Å²) in [5.41, 5.74) is 3.87. The van der Waals surface area contributed by atoms with E-state index in [-0.39, 0.29) is 11.8 Å². The molecule has 0 bridgehead atoms. The number of amides is 1. The monoisotopic (exact) mass is 499 g/mol. The highest BCUT2D eigenvalue weighted by Crippen LogP contribution is 2.29. The molecule has 0 unspecified atom stereocenters. The minimum Gasteiger partial charge on any atom is -0.497 e. The first kappa shape index (κ1) is 25.7. The summed E-state index contributed by atoms with van der Waals surface area (Å²) < 4.78 is 33.5. The van der Waals surface area contributed by atoms with Crippen molar-refractivity contribution >= 4 is 15.9 Å². The summed E-state index contributed by atoms with van der Waals surface area (Å²) in [6.07, 6.45) is 1.15. The Labute approximate surface area is 209 Å². The lowest BCUT2D eigenvalue weighted by Crippen LogP contribution is -2.51. The summed E-state index contributed by atoms with van der Waals surface area (Å²) in [6, 6.07) is 12.0. The standard InChI is InChI=1S/C27H37N3O4S/c1-20-17-21(2)26(22(3)18-20)35(32,33)30-11-9-24(10-12-30)27(31)29-15-13-28(14-16-29)19-23-5-7-25(34-4)8-6-23/h5-8,17-18,24H,9-16,19H2,1-4H3. The van der Waals surface area contributed by atoms with E-state index in [1.165, 1.54) is 5.56 Å². The van der Waals surface area contributed by atoms with Crippen molar-refractivity contribution in [2.75, 3.05) is 46.4 Å². The Morgan fingerprint density at radius 1 is 0.914 bits per heavy atom. The first-order valence-corrected chi connectivity index (χ1v) is 13.8. The number of hydrogen-bond donors (Lipinski definition) is 0. The van der Waals surface area contributed by atoms with Gasteiger partial charge in [-0.1, -0.05) is 29.8 Å². The van der Waals surface area contributed by atoms with Gasteiger partial charge in [0.25, 0.3) is 0 Å². The lowest BCUT2D eigenvalue weighted by Gasteiger charge is -2.38. The summed E-state index contributed by atoms with van der Waals surface area (Å²) >= 11 is 0. The van der Waals surface area contributed by atoms with Crippen molar-refractivity contribution in [3.05, 3.63) is 58.7 Å². The fraction of sp³-hybridized carbons (Fsp3) is 0.519. The molecule has 35 heavy (non-hydrogen) atoms. The molecule has 0 radical (unpaired) electrons. The third-order valence-corrected chi connectivity index (χ3v) is 9.46. The van der Waals surface area contributed by atoms with Crippen molar-refractivity contribution in [3.63, 3.8) is 0 Å². The summed E-state index contributed by atoms with van der Waals surface area (Å²) in [5.74, 6) is 0.927. The van der Waals surface area contributed by atoms with E-state index in [9.17, 15) is 13.2 Å². The number of methoxy groups -OCH3 is 1. The molecule has 2 heterocycles. The molecule has 2 saturated heterocycles. The van der Waals surface area contributed by atoms with Crippen LogP contribution in [0.5, 0.6) is 5.75 Å². The second-order valence-corrected chi connectivity index (χ2v) is 11.7. The van der Waals surface area contributed by atoms with Crippen LogP contribution >= 0.6 is 0 Å². The van der Waals surface area contributed by atoms with Gasteiger partial charge in [0, 0.05) is 51.7 Å². The Morgan fingerprint density at radius 2 is 1.49 bits per heavy atom. The van der Waals surface area contributed by atoms with Gasteiger partial charge in [0.15, 0.2) is 0 Å². The van der Waals surface area contributed by atoms with Crippen LogP contribution < -0.4 is 4.74 Å². The van der Waals surface area contributed by atoms with E-state index >= 15 is 0 Å². The fourth-order valence-electron chi connectivity index (χ4n) is 5.42. The van der Waals surface area contributed by atoms with Gasteiger partial charge in [-0.3, -0.25) is 9.69 Å². The van der Waals surface area contributed by atoms with Crippen molar-refractivity contribution in [3.8, 4) is 5.75 Å². The molecular weight excluding hydrogens is 462 g/mol. The lowest BCUT2D eigenvalue weighted by atomic mass is 9.96. The van der Waals surface area contributed by atoms with Crippen molar-refractivity contribution in [2.45, 2.75) is 45.1 Å². The topological polar surface area (TPSA) is 70.2 Å². The van der Waals surface area contributed by atoms with E-state index in [1.807, 2.05) is 49.9 Å². The van der Waals surface area contributed by atoms with Gasteiger partial charge in [0.1, 0.15) is 5.75 Å². The molecule has 0 aromatic heterocycles. The molecule has 0 atom stereocenters. The summed E-state index contributed by atoms with van der Waals surface area (Å²) in [5, 5.41) is 0. The molecule has 7 nitrogen and oxygen atoms in total. The molecule has 2 aromatic rings. The SMILES string of the molecule is COc1ccc(CN2CCN(C(=O)C3CCN(S(=O)(=O)c4c(C)cc(C)cc4C)CC3)CC2)cc1. The normalized spacial score (nSPS) is 18.6. The third-order valence-electron chi connectivity index (χ3n) is 7.25. The molecule has 2 aliphatic heterocycles. The molecule has 2 fully saturated rings. The predicted octanol–water partition coefficient (Wildman–Crippen LogP) is 3.37. The number of ether oxygens (including phenoxy) is 1. The Bertz CT molecular complexity index is 1120. The molecule has 0 N–H and O–H groups in total. The van der Waals surface area contributed by atoms with Gasteiger partial charge in [-0.25, -0.2) is 8.42 Å². The highest BCUT2D eigenvalue weighted by atomic mass is 32.2. The maximum atomic E-state index is 13.4. The number of carbonyl (C=O) groups is 1. The zero-order valence-corrected chi connectivity index (χ0v) is 22.1. The van der Waals surface area contributed by atoms with Crippen LogP contribution in [-0.2, 0) is 21.4 Å². The summed E-state index contributed by atoms with van der Waals surface area (Å²) in [7, 11) is -1.90. The van der Waals surface area contributed by atoms with E-state index in [0.717, 1.165) is 55.2 Å². The Kier molecular flexibility index (Phi) is 7.83. The van der Waals surface area contributed by atoms with Crippen molar-refractivity contribution in [1.82, 2.24) is 14.1 Å². The molecule has 190 valence electrons. The third kappa shape index (κ3) is 5.71. The molecule has 2 aliphatic rings. The van der Waals surface area contributed by atoms with Gasteiger partial charge < -0.3 is 9.64 Å². The number of piperazine rings is 1. The van der Waals surface area contributed by atoms with E-state index in [0.29, 0.717) is 30.8 Å². The molecular formula is C27H37N3O4S. The molecule has 4 rings (SSSR count). The fourth-order valence-corrected chi connectivity index (χ4v) is 7.30. The number of nitrogens with zero attached hydrogens (tertiary/aromatic N) is 3. The molecule has 1 amide bonds. The zero-order chi connectivity index (χ0) is 25.2. The minimum atomic E-state index is -3.56. The van der Waals surface area contributed by atoms with Crippen LogP contribution in [0, 0.1) is 26.7 Å². The second-order valence-electron chi connectivity index (χ2n) is 9.86. The van der Waals surface area contributed by atoms with Gasteiger partial charge in [0.05, 0.1) is 12.0 Å². The van der Waals surface area contributed by atoms with Crippen molar-refractivity contribution < 1.29 is 17.9 Å². The van der Waals surface area contributed by atoms with Gasteiger partial charge in [0.2, 0.25) is 15.9 Å². The van der Waals surface area contributed by atoms with E-state index in [4.69, 9.17) is 4.74 Å². The van der Waals surface area contributed by atoms with Crippen LogP contribution in [0.2, 0.25) is 0 Å². The molecule has 0 spiro atoms.